The second kappa shape index (κ2) is 24.8. The Hall–Kier alpha value is -6.25. The van der Waals surface area contributed by atoms with Crippen molar-refractivity contribution < 1.29 is 29.1 Å². The number of likely N-dealkylation sites (tertiary alicyclic amines) is 1. The molecule has 10 rings (SSSR count). The first-order valence-electron chi connectivity index (χ1n) is 28.3. The summed E-state index contributed by atoms with van der Waals surface area (Å²) in [5.74, 6) is 1.000. The molecule has 6 atom stereocenters. The Labute approximate surface area is 462 Å². The monoisotopic (exact) mass is 1080 g/mol. The molecule has 8 heterocycles. The van der Waals surface area contributed by atoms with E-state index in [0.717, 1.165) is 97.3 Å². The number of carbonyl (C=O) groups is 2. The number of aromatic hydroxyl groups is 1. The van der Waals surface area contributed by atoms with Crippen LogP contribution in [0.15, 0.2) is 83.1 Å². The lowest BCUT2D eigenvalue weighted by molar-refractivity contribution is -0.141. The minimum absolute atomic E-state index is 0.00343. The number of nitrogens with one attached hydrogen (secondary N) is 1. The van der Waals surface area contributed by atoms with Crippen LogP contribution in [-0.2, 0) is 14.3 Å². The third-order valence-electron chi connectivity index (χ3n) is 16.9. The van der Waals surface area contributed by atoms with Gasteiger partial charge in [0.2, 0.25) is 11.8 Å². The Morgan fingerprint density at radius 2 is 1.64 bits per heavy atom. The Morgan fingerprint density at radius 1 is 0.885 bits per heavy atom. The summed E-state index contributed by atoms with van der Waals surface area (Å²) in [6.45, 7) is 17.8. The standard InChI is InChI=1S/C59H78N12O6S/c1-37(2)55(59(75)70-34-46(72)28-50(70)58(74)63-38(3)42-16-18-43(19-17-42)56-39(4)61-36-78-56)52-30-54(66-77-52)68-24-20-41(21-25-68)32-67-22-10-8-12-45(13-9-11-23-67)69-26-27-76-53(35-69)40(5)71-33-44(31-62-71)48-29-49(64-65-57(48)60)47-14-6-7-15-51(47)73/h6-7,14-19,29-31,33,36-38,40-41,45-46,50,53,55,72-73H,8-13,20-28,32,34-35H2,1-5H3,(H2,60,65)(H,63,74)/t38-,40?,46+,50-,53+,55+/m0/s1. The van der Waals surface area contributed by atoms with E-state index in [2.05, 4.69) is 47.3 Å². The van der Waals surface area contributed by atoms with E-state index >= 15 is 0 Å². The number of morpholine rings is 1. The molecule has 0 radical (unpaired) electrons. The molecule has 18 nitrogen and oxygen atoms in total. The smallest absolute Gasteiger partial charge is 0.243 e. The number of aryl methyl sites for hydroxylation is 1. The van der Waals surface area contributed by atoms with Gasteiger partial charge in [0, 0.05) is 80.7 Å². The van der Waals surface area contributed by atoms with E-state index in [1.807, 2.05) is 98.8 Å². The number of benzene rings is 2. The normalized spacial score (nSPS) is 21.9. The van der Waals surface area contributed by atoms with Crippen molar-refractivity contribution in [3.8, 4) is 38.6 Å². The number of phenols is 1. The van der Waals surface area contributed by atoms with E-state index in [9.17, 15) is 19.8 Å². The fourth-order valence-corrected chi connectivity index (χ4v) is 13.1. The van der Waals surface area contributed by atoms with Crippen LogP contribution in [0.5, 0.6) is 5.75 Å². The average molecular weight is 1080 g/mol. The third kappa shape index (κ3) is 12.6. The minimum Gasteiger partial charge on any atom is -0.507 e. The molecular formula is C59H78N12O6S. The highest BCUT2D eigenvalue weighted by Gasteiger charge is 2.44. The molecule has 4 aliphatic heterocycles. The molecule has 2 aromatic carbocycles. The second-order valence-electron chi connectivity index (χ2n) is 22.6. The van der Waals surface area contributed by atoms with E-state index < -0.39 is 18.1 Å². The lowest BCUT2D eigenvalue weighted by Crippen LogP contribution is -2.50. The first-order valence-corrected chi connectivity index (χ1v) is 29.2. The van der Waals surface area contributed by atoms with Gasteiger partial charge in [0.05, 0.1) is 58.9 Å². The quantitative estimate of drug-likeness (QED) is 0.0758. The summed E-state index contributed by atoms with van der Waals surface area (Å²) < 4.78 is 14.4. The molecule has 19 heteroatoms. The maximum Gasteiger partial charge on any atom is 0.243 e. The van der Waals surface area contributed by atoms with Gasteiger partial charge in [0.25, 0.3) is 0 Å². The number of amides is 2. The number of piperidine rings is 1. The summed E-state index contributed by atoms with van der Waals surface area (Å²) >= 11 is 1.60. The summed E-state index contributed by atoms with van der Waals surface area (Å²) in [4.78, 5) is 43.0. The van der Waals surface area contributed by atoms with Gasteiger partial charge in [-0.1, -0.05) is 68.2 Å². The topological polar surface area (TPSA) is 217 Å². The molecule has 0 aliphatic carbocycles. The first-order chi connectivity index (χ1) is 37.8. The zero-order chi connectivity index (χ0) is 54.5. The zero-order valence-electron chi connectivity index (χ0n) is 45.9. The van der Waals surface area contributed by atoms with E-state index in [1.165, 1.54) is 38.5 Å². The summed E-state index contributed by atoms with van der Waals surface area (Å²) in [7, 11) is 0. The number of hydrogen-bond acceptors (Lipinski definition) is 16. The molecule has 416 valence electrons. The molecule has 4 aliphatic rings. The number of aliphatic hydroxyl groups is 1. The number of nitrogen functional groups attached to an aromatic ring is 1. The van der Waals surface area contributed by atoms with Crippen LogP contribution >= 0.6 is 11.3 Å². The number of para-hydroxylation sites is 1. The van der Waals surface area contributed by atoms with Crippen LogP contribution in [0.2, 0.25) is 0 Å². The number of thiazole rings is 1. The van der Waals surface area contributed by atoms with Crippen molar-refractivity contribution >= 4 is 34.8 Å². The molecule has 6 aromatic rings. The number of aromatic nitrogens is 6. The van der Waals surface area contributed by atoms with Crippen molar-refractivity contribution in [2.24, 2.45) is 11.8 Å². The summed E-state index contributed by atoms with van der Waals surface area (Å²) in [6, 6.07) is 18.4. The Kier molecular flexibility index (Phi) is 17.5. The number of nitrogens with zero attached hydrogens (tertiary/aromatic N) is 10. The average Bonchev–Trinajstić information content (AvgIpc) is 4.30. The maximum absolute atomic E-state index is 14.4. The van der Waals surface area contributed by atoms with Crippen LogP contribution in [0.1, 0.15) is 121 Å². The number of ether oxygens (including phenoxy) is 1. The van der Waals surface area contributed by atoms with E-state index in [1.54, 1.807) is 28.4 Å². The van der Waals surface area contributed by atoms with Gasteiger partial charge in [-0.15, -0.1) is 21.5 Å². The predicted octanol–water partition coefficient (Wildman–Crippen LogP) is 8.50. The molecule has 4 fully saturated rings. The van der Waals surface area contributed by atoms with Crippen LogP contribution in [-0.4, -0.2) is 150 Å². The molecule has 5 N–H and O–H groups in total. The van der Waals surface area contributed by atoms with Gasteiger partial charge in [0.1, 0.15) is 17.7 Å². The van der Waals surface area contributed by atoms with E-state index in [-0.39, 0.29) is 54.6 Å². The van der Waals surface area contributed by atoms with Crippen LogP contribution in [0.4, 0.5) is 11.6 Å². The summed E-state index contributed by atoms with van der Waals surface area (Å²) in [5.41, 5.74) is 13.9. The van der Waals surface area contributed by atoms with Crippen molar-refractivity contribution in [2.75, 3.05) is 69.6 Å². The maximum atomic E-state index is 14.4. The van der Waals surface area contributed by atoms with Crippen molar-refractivity contribution in [3.63, 3.8) is 0 Å². The van der Waals surface area contributed by atoms with Crippen LogP contribution in [0.3, 0.4) is 0 Å². The Balaban J connectivity index is 0.674. The van der Waals surface area contributed by atoms with Gasteiger partial charge in [-0.25, -0.2) is 4.98 Å². The molecule has 4 aromatic heterocycles. The molecule has 78 heavy (non-hydrogen) atoms. The lowest BCUT2D eigenvalue weighted by Gasteiger charge is -2.41. The van der Waals surface area contributed by atoms with E-state index in [0.29, 0.717) is 41.4 Å². The van der Waals surface area contributed by atoms with Gasteiger partial charge in [-0.2, -0.15) is 5.10 Å². The highest BCUT2D eigenvalue weighted by Crippen LogP contribution is 2.36. The number of phenolic OH excluding ortho intramolecular Hbond substituents is 1. The first kappa shape index (κ1) is 55.1. The number of β-amino-alcohol motifs (C(OH)–C–C–N with tert-alkyl or cyclic N) is 1. The number of rotatable bonds is 15. The minimum atomic E-state index is -0.800. The lowest BCUT2D eigenvalue weighted by atomic mass is 9.91. The molecule has 1 unspecified atom stereocenters. The summed E-state index contributed by atoms with van der Waals surface area (Å²) in [5, 5.41) is 42.1. The van der Waals surface area contributed by atoms with Gasteiger partial charge < -0.3 is 45.2 Å². The highest BCUT2D eigenvalue weighted by molar-refractivity contribution is 7.13. The van der Waals surface area contributed by atoms with Gasteiger partial charge in [0.15, 0.2) is 17.4 Å². The van der Waals surface area contributed by atoms with Gasteiger partial charge >= 0.3 is 0 Å². The fourth-order valence-electron chi connectivity index (χ4n) is 12.3. The van der Waals surface area contributed by atoms with Crippen molar-refractivity contribution in [2.45, 2.75) is 135 Å². The van der Waals surface area contributed by atoms with Crippen LogP contribution in [0.25, 0.3) is 32.8 Å². The predicted molar refractivity (Wildman–Crippen MR) is 303 cm³/mol. The fraction of sp³-hybridized carbons (Fsp3) is 0.542. The second-order valence-corrected chi connectivity index (χ2v) is 23.5. The zero-order valence-corrected chi connectivity index (χ0v) is 46.7. The molecular weight excluding hydrogens is 1000 g/mol. The Morgan fingerprint density at radius 3 is 2.36 bits per heavy atom. The van der Waals surface area contributed by atoms with Crippen molar-refractivity contribution in [1.29, 1.82) is 0 Å². The van der Waals surface area contributed by atoms with Crippen LogP contribution < -0.4 is 16.0 Å². The number of carbonyl (C=O) groups excluding carboxylic acids is 2. The van der Waals surface area contributed by atoms with E-state index in [4.69, 9.17) is 20.1 Å². The largest absolute Gasteiger partial charge is 0.507 e. The molecule has 2 amide bonds. The van der Waals surface area contributed by atoms with Crippen LogP contribution in [0, 0.1) is 18.8 Å². The highest BCUT2D eigenvalue weighted by atomic mass is 32.1. The SMILES string of the molecule is Cc1ncsc1-c1ccc([C@H](C)NC(=O)[C@@H]2C[C@@H](O)CN2C(=O)[C@@H](c2cc(N3CCC(CN4CCCCC(N5CCO[C@@H](C(C)n6cc(-c7cc(-c8ccccc8O)nnc7N)cn6)C5)CCCC4)CC3)no2)C(C)C)cc1. The molecule has 0 bridgehead atoms. The molecule has 0 spiro atoms. The van der Waals surface area contributed by atoms with Crippen molar-refractivity contribution in [1.82, 2.24) is 50.1 Å². The number of anilines is 2. The van der Waals surface area contributed by atoms with Gasteiger partial charge in [-0.3, -0.25) is 19.2 Å². The number of aliphatic hydroxyl groups excluding tert-OH is 1. The number of hydrogen-bond donors (Lipinski definition) is 4. The molecule has 4 saturated heterocycles. The van der Waals surface area contributed by atoms with Crippen molar-refractivity contribution in [3.05, 3.63) is 95.6 Å². The number of nitrogens with two attached hydrogens (primary N) is 1. The van der Waals surface area contributed by atoms with Gasteiger partial charge in [-0.05, 0) is 114 Å². The summed E-state index contributed by atoms with van der Waals surface area (Å²) in [6.07, 6.45) is 12.5. The molecule has 0 saturated carbocycles. The Bertz CT molecular complexity index is 2940. The third-order valence-corrected chi connectivity index (χ3v) is 17.9.